The molecule has 1 unspecified atom stereocenters. The Morgan fingerprint density at radius 2 is 2.13 bits per heavy atom. The Morgan fingerprint density at radius 1 is 1.47 bits per heavy atom. The number of benzene rings is 1. The summed E-state index contributed by atoms with van der Waals surface area (Å²) in [6.45, 7) is 2.26. The fourth-order valence-corrected chi connectivity index (χ4v) is 1.88. The van der Waals surface area contributed by atoms with Gasteiger partial charge in [-0.05, 0) is 12.2 Å². The van der Waals surface area contributed by atoms with Crippen LogP contribution in [0.25, 0.3) is 0 Å². The van der Waals surface area contributed by atoms with E-state index in [1.807, 2.05) is 37.0 Å². The first-order valence-electron chi connectivity index (χ1n) is 4.48. The molecule has 82 valence electrons. The summed E-state index contributed by atoms with van der Waals surface area (Å²) in [7, 11) is -0.684. The van der Waals surface area contributed by atoms with Gasteiger partial charge >= 0.3 is 0 Å². The molecule has 0 aliphatic heterocycles. The number of halogens is 1. The molecule has 0 aliphatic rings. The summed E-state index contributed by atoms with van der Waals surface area (Å²) in [5.74, 6) is 0. The molecular weight excluding hydrogens is 233 g/mol. The largest absolute Gasteiger partial charge is 0.276 e. The molecule has 1 atom stereocenters. The summed E-state index contributed by atoms with van der Waals surface area (Å²) in [5.41, 5.74) is 1.03. The normalized spacial score (nSPS) is 12.1. The van der Waals surface area contributed by atoms with Crippen molar-refractivity contribution in [3.05, 3.63) is 35.9 Å². The number of hydroxylamine groups is 2. The minimum absolute atomic E-state index is 0.389. The van der Waals surface area contributed by atoms with Crippen molar-refractivity contribution in [2.45, 2.75) is 6.61 Å². The van der Waals surface area contributed by atoms with Gasteiger partial charge in [0.15, 0.2) is 0 Å². The Labute approximate surface area is 95.5 Å². The monoisotopic (exact) mass is 245 g/mol. The quantitative estimate of drug-likeness (QED) is 0.438. The van der Waals surface area contributed by atoms with Crippen molar-refractivity contribution in [3.63, 3.8) is 0 Å². The van der Waals surface area contributed by atoms with Gasteiger partial charge in [-0.2, -0.15) is 0 Å². The van der Waals surface area contributed by atoms with Crippen LogP contribution in [0.4, 0.5) is 0 Å². The summed E-state index contributed by atoms with van der Waals surface area (Å²) in [6, 6.07) is 9.68. The molecule has 1 aromatic rings. The maximum Gasteiger partial charge on any atom is 0.233 e. The predicted octanol–water partition coefficient (Wildman–Crippen LogP) is 2.80. The third kappa shape index (κ3) is 5.12. The Bertz CT molecular complexity index is 295. The molecule has 15 heavy (non-hydrogen) atoms. The lowest BCUT2D eigenvalue weighted by atomic mass is 10.2. The number of hydrogen-bond donors (Lipinski definition) is 0. The second kappa shape index (κ2) is 6.78. The Morgan fingerprint density at radius 3 is 2.67 bits per heavy atom. The Hall–Kier alpha value is -0.630. The highest BCUT2D eigenvalue weighted by Gasteiger charge is 2.06. The predicted molar refractivity (Wildman–Crippen MR) is 62.7 cm³/mol. The molecule has 0 saturated heterocycles. The number of carbonyl (C=O) groups is 1. The van der Waals surface area contributed by atoms with Crippen molar-refractivity contribution < 1.29 is 9.63 Å². The van der Waals surface area contributed by atoms with E-state index in [2.05, 4.69) is 0 Å². The first-order chi connectivity index (χ1) is 7.22. The maximum atomic E-state index is 10.6. The second-order valence-electron chi connectivity index (χ2n) is 3.03. The number of carbonyl (C=O) groups excluding carboxylic acids is 1. The summed E-state index contributed by atoms with van der Waals surface area (Å²) < 4.78 is 0. The van der Waals surface area contributed by atoms with Crippen LogP contribution in [0.2, 0.25) is 0 Å². The lowest BCUT2D eigenvalue weighted by Crippen LogP contribution is -2.21. The van der Waals surface area contributed by atoms with Crippen molar-refractivity contribution in [2.75, 3.05) is 13.0 Å². The molecule has 1 aromatic carbocycles. The van der Waals surface area contributed by atoms with Gasteiger partial charge in [0.25, 0.3) is 0 Å². The van der Waals surface area contributed by atoms with E-state index in [1.54, 1.807) is 0 Å². The average molecular weight is 246 g/mol. The lowest BCUT2D eigenvalue weighted by molar-refractivity contribution is -0.170. The smallest absolute Gasteiger partial charge is 0.233 e. The lowest BCUT2D eigenvalue weighted by Gasteiger charge is -2.17. The van der Waals surface area contributed by atoms with Gasteiger partial charge in [0.2, 0.25) is 6.41 Å². The minimum atomic E-state index is -0.684. The van der Waals surface area contributed by atoms with E-state index in [0.29, 0.717) is 19.3 Å². The zero-order chi connectivity index (χ0) is 11.1. The molecule has 0 aliphatic carbocycles. The summed E-state index contributed by atoms with van der Waals surface area (Å²) in [5, 5.41) is 1.24. The van der Waals surface area contributed by atoms with E-state index >= 15 is 0 Å². The molecule has 0 fully saturated rings. The number of rotatable bonds is 6. The fraction of sp³-hybridized carbons (Fsp3) is 0.300. The van der Waals surface area contributed by atoms with Crippen LogP contribution in [0.15, 0.2) is 30.3 Å². The highest BCUT2D eigenvalue weighted by molar-refractivity contribution is 7.83. The Balaban J connectivity index is 2.38. The molecule has 1 amide bonds. The molecule has 0 radical (unpaired) electrons. The highest BCUT2D eigenvalue weighted by atomic mass is 35.7. The van der Waals surface area contributed by atoms with E-state index in [0.717, 1.165) is 5.56 Å². The van der Waals surface area contributed by atoms with Crippen LogP contribution in [0.1, 0.15) is 5.56 Å². The standard InChI is InChI=1S/C10H13ClNO2P/c1-15(11)9-12(8-13)14-7-10-5-3-2-4-6-10/h2-6,8H,7,9H2,1H3. The third-order valence-electron chi connectivity index (χ3n) is 1.69. The molecule has 1 rings (SSSR count). The molecule has 0 bridgehead atoms. The van der Waals surface area contributed by atoms with E-state index in [1.165, 1.54) is 5.06 Å². The van der Waals surface area contributed by atoms with Crippen molar-refractivity contribution >= 4 is 24.9 Å². The van der Waals surface area contributed by atoms with Crippen molar-refractivity contribution in [2.24, 2.45) is 0 Å². The fourth-order valence-electron chi connectivity index (χ4n) is 1.03. The number of hydrogen-bond acceptors (Lipinski definition) is 2. The van der Waals surface area contributed by atoms with Crippen LogP contribution in [-0.4, -0.2) is 24.4 Å². The van der Waals surface area contributed by atoms with Crippen LogP contribution < -0.4 is 0 Å². The molecule has 3 nitrogen and oxygen atoms in total. The van der Waals surface area contributed by atoms with Crippen LogP contribution in [0, 0.1) is 0 Å². The molecule has 5 heteroatoms. The van der Waals surface area contributed by atoms with Gasteiger partial charge in [0, 0.05) is 7.27 Å². The van der Waals surface area contributed by atoms with Crippen LogP contribution in [0.3, 0.4) is 0 Å². The van der Waals surface area contributed by atoms with Gasteiger partial charge in [-0.1, -0.05) is 41.6 Å². The van der Waals surface area contributed by atoms with Gasteiger partial charge in [-0.3, -0.25) is 9.63 Å². The van der Waals surface area contributed by atoms with Crippen molar-refractivity contribution in [3.8, 4) is 0 Å². The second-order valence-corrected chi connectivity index (χ2v) is 6.25. The zero-order valence-electron chi connectivity index (χ0n) is 8.47. The molecule has 0 spiro atoms. The van der Waals surface area contributed by atoms with Crippen LogP contribution >= 0.6 is 18.5 Å². The topological polar surface area (TPSA) is 29.5 Å². The van der Waals surface area contributed by atoms with Gasteiger partial charge in [0.1, 0.15) is 6.61 Å². The Kier molecular flexibility index (Phi) is 5.62. The van der Waals surface area contributed by atoms with E-state index in [9.17, 15) is 4.79 Å². The molecular formula is C10H13ClNO2P. The molecule has 0 N–H and O–H groups in total. The third-order valence-corrected chi connectivity index (χ3v) is 2.68. The molecule has 0 aromatic heterocycles. The number of amides is 1. The summed E-state index contributed by atoms with van der Waals surface area (Å²) in [6.07, 6.45) is 1.11. The zero-order valence-corrected chi connectivity index (χ0v) is 10.1. The summed E-state index contributed by atoms with van der Waals surface area (Å²) in [4.78, 5) is 15.9. The average Bonchev–Trinajstić information content (AvgIpc) is 2.25. The van der Waals surface area contributed by atoms with E-state index in [4.69, 9.17) is 16.1 Å². The molecule has 0 saturated carbocycles. The van der Waals surface area contributed by atoms with E-state index < -0.39 is 7.27 Å². The first-order valence-corrected chi connectivity index (χ1v) is 7.36. The highest BCUT2D eigenvalue weighted by Crippen LogP contribution is 2.36. The SMILES string of the molecule is CP(Cl)CN(C=O)OCc1ccccc1. The van der Waals surface area contributed by atoms with Gasteiger partial charge in [-0.15, -0.1) is 0 Å². The first kappa shape index (κ1) is 12.4. The molecule has 0 heterocycles. The van der Waals surface area contributed by atoms with E-state index in [-0.39, 0.29) is 0 Å². The minimum Gasteiger partial charge on any atom is -0.276 e. The summed E-state index contributed by atoms with van der Waals surface area (Å²) >= 11 is 5.82. The van der Waals surface area contributed by atoms with Crippen LogP contribution in [-0.2, 0) is 16.2 Å². The van der Waals surface area contributed by atoms with Crippen LogP contribution in [0.5, 0.6) is 0 Å². The van der Waals surface area contributed by atoms with Crippen molar-refractivity contribution in [1.29, 1.82) is 0 Å². The number of nitrogens with zero attached hydrogens (tertiary/aromatic N) is 1. The maximum absolute atomic E-state index is 10.6. The van der Waals surface area contributed by atoms with Gasteiger partial charge in [-0.25, -0.2) is 5.06 Å². The van der Waals surface area contributed by atoms with Gasteiger partial charge in [0.05, 0.1) is 6.29 Å². The van der Waals surface area contributed by atoms with Gasteiger partial charge < -0.3 is 0 Å². The van der Waals surface area contributed by atoms with Crippen molar-refractivity contribution in [1.82, 2.24) is 5.06 Å².